The van der Waals surface area contributed by atoms with Crippen LogP contribution in [0.25, 0.3) is 0 Å². The second kappa shape index (κ2) is 4.44. The van der Waals surface area contributed by atoms with Gasteiger partial charge in [0.2, 0.25) is 0 Å². The van der Waals surface area contributed by atoms with Crippen LogP contribution in [0.5, 0.6) is 0 Å². The second-order valence-electron chi connectivity index (χ2n) is 3.50. The van der Waals surface area contributed by atoms with Gasteiger partial charge in [0, 0.05) is 5.92 Å². The summed E-state index contributed by atoms with van der Waals surface area (Å²) >= 11 is 0. The maximum Gasteiger partial charge on any atom is 0.170 e. The van der Waals surface area contributed by atoms with Gasteiger partial charge in [-0.1, -0.05) is 13.0 Å². The second-order valence-corrected chi connectivity index (χ2v) is 3.50. The van der Waals surface area contributed by atoms with E-state index in [4.69, 9.17) is 19.3 Å². The zero-order valence-corrected chi connectivity index (χ0v) is 8.41. The molecule has 15 heavy (non-hydrogen) atoms. The number of carbonyl (C=O) groups excluding carboxylic acids is 1. The summed E-state index contributed by atoms with van der Waals surface area (Å²) in [6, 6.07) is 3.51. The van der Waals surface area contributed by atoms with E-state index < -0.39 is 17.5 Å². The van der Waals surface area contributed by atoms with Gasteiger partial charge in [-0.05, 0) is 17.7 Å². The minimum atomic E-state index is -0.826. The smallest absolute Gasteiger partial charge is 0.170 e. The summed E-state index contributed by atoms with van der Waals surface area (Å²) in [6.45, 7) is 1.71. The van der Waals surface area contributed by atoms with Crippen molar-refractivity contribution in [1.82, 2.24) is 0 Å². The first-order chi connectivity index (χ1) is 6.93. The zero-order valence-electron chi connectivity index (χ0n) is 8.41. The van der Waals surface area contributed by atoms with Crippen molar-refractivity contribution >= 4 is 19.2 Å². The molecule has 0 aliphatic rings. The Hall–Kier alpha value is -1.36. The Morgan fingerprint density at radius 3 is 2.60 bits per heavy atom. The standard InChI is InChI=1S/C10H12BFN2O/c1-5(9(14)10(11)15)6-2-3-8(13)7(12)4-6/h2-5,9H,13-14H2,1H3/t5-,9+/m0/s1. The number of halogens is 1. The van der Waals surface area contributed by atoms with Gasteiger partial charge in [0.05, 0.1) is 17.4 Å². The van der Waals surface area contributed by atoms with Crippen LogP contribution in [-0.2, 0) is 4.79 Å². The van der Waals surface area contributed by atoms with Gasteiger partial charge in [-0.3, -0.25) is 0 Å². The molecule has 5 heteroatoms. The number of carbonyl (C=O) groups is 1. The first kappa shape index (κ1) is 11.7. The van der Waals surface area contributed by atoms with Crippen molar-refractivity contribution in [2.45, 2.75) is 18.9 Å². The van der Waals surface area contributed by atoms with Crippen LogP contribution in [0.3, 0.4) is 0 Å². The lowest BCUT2D eigenvalue weighted by Gasteiger charge is -2.18. The van der Waals surface area contributed by atoms with E-state index in [-0.39, 0.29) is 11.6 Å². The van der Waals surface area contributed by atoms with Gasteiger partial charge < -0.3 is 16.3 Å². The van der Waals surface area contributed by atoms with Crippen molar-refractivity contribution < 1.29 is 9.18 Å². The van der Waals surface area contributed by atoms with Crippen molar-refractivity contribution in [2.24, 2.45) is 5.73 Å². The van der Waals surface area contributed by atoms with Crippen LogP contribution in [0, 0.1) is 5.82 Å². The summed E-state index contributed by atoms with van der Waals surface area (Å²) in [6.07, 6.45) is 0. The number of benzene rings is 1. The first-order valence-corrected chi connectivity index (χ1v) is 4.53. The molecule has 0 saturated carbocycles. The average Bonchev–Trinajstić information content (AvgIpc) is 2.19. The summed E-state index contributed by atoms with van der Waals surface area (Å²) in [5.41, 5.74) is 10.9. The predicted molar refractivity (Wildman–Crippen MR) is 58.0 cm³/mol. The molecular weight excluding hydrogens is 194 g/mol. The van der Waals surface area contributed by atoms with E-state index >= 15 is 0 Å². The highest BCUT2D eigenvalue weighted by atomic mass is 19.1. The minimum Gasteiger partial charge on any atom is -0.396 e. The Morgan fingerprint density at radius 2 is 2.13 bits per heavy atom. The number of rotatable bonds is 3. The van der Waals surface area contributed by atoms with Crippen molar-refractivity contribution in [2.75, 3.05) is 5.73 Å². The third-order valence-electron chi connectivity index (χ3n) is 2.42. The molecule has 0 unspecified atom stereocenters. The van der Waals surface area contributed by atoms with Crippen molar-refractivity contribution in [3.05, 3.63) is 29.6 Å². The van der Waals surface area contributed by atoms with Crippen LogP contribution >= 0.6 is 0 Å². The molecule has 0 amide bonds. The molecule has 0 aromatic heterocycles. The van der Waals surface area contributed by atoms with Crippen LogP contribution in [-0.4, -0.2) is 19.6 Å². The molecule has 0 fully saturated rings. The lowest BCUT2D eigenvalue weighted by molar-refractivity contribution is -0.113. The molecule has 0 aliphatic heterocycles. The summed E-state index contributed by atoms with van der Waals surface area (Å²) in [5, 5.41) is 0. The van der Waals surface area contributed by atoms with Crippen LogP contribution in [0.2, 0.25) is 0 Å². The fourth-order valence-electron chi connectivity index (χ4n) is 1.28. The molecule has 1 rings (SSSR count). The number of nitrogens with two attached hydrogens (primary N) is 2. The van der Waals surface area contributed by atoms with Crippen LogP contribution in [0.1, 0.15) is 18.4 Å². The van der Waals surface area contributed by atoms with E-state index in [0.717, 1.165) is 0 Å². The van der Waals surface area contributed by atoms with Crippen LogP contribution in [0.4, 0.5) is 10.1 Å². The van der Waals surface area contributed by atoms with Crippen LogP contribution < -0.4 is 11.5 Å². The molecule has 0 aliphatic carbocycles. The molecule has 3 nitrogen and oxygen atoms in total. The number of nitrogen functional groups attached to an aromatic ring is 1. The van der Waals surface area contributed by atoms with E-state index in [1.165, 1.54) is 12.1 Å². The van der Waals surface area contributed by atoms with Gasteiger partial charge in [-0.2, -0.15) is 0 Å². The van der Waals surface area contributed by atoms with Crippen molar-refractivity contribution in [3.63, 3.8) is 0 Å². The van der Waals surface area contributed by atoms with Crippen molar-refractivity contribution in [1.29, 1.82) is 0 Å². The van der Waals surface area contributed by atoms with Gasteiger partial charge >= 0.3 is 0 Å². The molecule has 1 aromatic rings. The number of hydrogen-bond acceptors (Lipinski definition) is 3. The number of anilines is 1. The Morgan fingerprint density at radius 1 is 1.53 bits per heavy atom. The molecule has 4 N–H and O–H groups in total. The quantitative estimate of drug-likeness (QED) is 0.559. The lowest BCUT2D eigenvalue weighted by atomic mass is 9.84. The van der Waals surface area contributed by atoms with Gasteiger partial charge in [-0.25, -0.2) is 4.39 Å². The monoisotopic (exact) mass is 206 g/mol. The van der Waals surface area contributed by atoms with Gasteiger partial charge in [0.1, 0.15) is 5.82 Å². The molecule has 0 saturated heterocycles. The molecule has 2 atom stereocenters. The maximum absolute atomic E-state index is 13.1. The van der Waals surface area contributed by atoms with E-state index in [1.807, 2.05) is 0 Å². The average molecular weight is 206 g/mol. The fourth-order valence-corrected chi connectivity index (χ4v) is 1.28. The highest BCUT2D eigenvalue weighted by Crippen LogP contribution is 2.21. The first-order valence-electron chi connectivity index (χ1n) is 4.53. The Bertz CT molecular complexity index is 384. The predicted octanol–water partition coefficient (Wildman–Crippen LogP) is 0.534. The normalized spacial score (nSPS) is 14.6. The van der Waals surface area contributed by atoms with Crippen LogP contribution in [0.15, 0.2) is 18.2 Å². The Kier molecular flexibility index (Phi) is 3.47. The molecule has 1 aromatic carbocycles. The summed E-state index contributed by atoms with van der Waals surface area (Å²) in [4.78, 5) is 10.8. The number of hydrogen-bond donors (Lipinski definition) is 2. The Balaban J connectivity index is 2.96. The summed E-state index contributed by atoms with van der Waals surface area (Å²) < 4.78 is 13.1. The molecule has 0 bridgehead atoms. The highest BCUT2D eigenvalue weighted by Gasteiger charge is 2.18. The maximum atomic E-state index is 13.1. The molecule has 2 radical (unpaired) electrons. The van der Waals surface area contributed by atoms with E-state index in [0.29, 0.717) is 5.56 Å². The Labute approximate surface area is 89.0 Å². The molecular formula is C10H12BFN2O. The summed E-state index contributed by atoms with van der Waals surface area (Å²) in [5.74, 6) is -0.853. The third kappa shape index (κ3) is 2.56. The molecule has 0 spiro atoms. The lowest BCUT2D eigenvalue weighted by Crippen LogP contribution is -2.35. The van der Waals surface area contributed by atoms with E-state index in [2.05, 4.69) is 0 Å². The largest absolute Gasteiger partial charge is 0.396 e. The summed E-state index contributed by atoms with van der Waals surface area (Å²) in [7, 11) is 5.06. The minimum absolute atomic E-state index is 0.0681. The van der Waals surface area contributed by atoms with Gasteiger partial charge in [0.15, 0.2) is 7.85 Å². The molecule has 0 heterocycles. The third-order valence-corrected chi connectivity index (χ3v) is 2.42. The van der Waals surface area contributed by atoms with Crippen molar-refractivity contribution in [3.8, 4) is 0 Å². The topological polar surface area (TPSA) is 69.1 Å². The SMILES string of the molecule is [B]C(=O)[C@H](N)[C@@H](C)c1ccc(N)c(F)c1. The fraction of sp³-hybridized carbons (Fsp3) is 0.300. The highest BCUT2D eigenvalue weighted by molar-refractivity contribution is 6.59. The van der Waals surface area contributed by atoms with Gasteiger partial charge in [-0.15, -0.1) is 0 Å². The molecule has 78 valence electrons. The van der Waals surface area contributed by atoms with E-state index in [9.17, 15) is 9.18 Å². The van der Waals surface area contributed by atoms with E-state index in [1.54, 1.807) is 13.0 Å². The zero-order chi connectivity index (χ0) is 11.6. The van der Waals surface area contributed by atoms with Gasteiger partial charge in [0.25, 0.3) is 0 Å².